The highest BCUT2D eigenvalue weighted by Crippen LogP contribution is 2.14. The first-order chi connectivity index (χ1) is 8.77. The third-order valence-corrected chi connectivity index (χ3v) is 3.62. The van der Waals surface area contributed by atoms with Crippen molar-refractivity contribution in [3.63, 3.8) is 0 Å². The predicted octanol–water partition coefficient (Wildman–Crippen LogP) is 3.20. The summed E-state index contributed by atoms with van der Waals surface area (Å²) < 4.78 is 0. The summed E-state index contributed by atoms with van der Waals surface area (Å²) in [5.74, 6) is 0. The fourth-order valence-electron chi connectivity index (χ4n) is 2.02. The topological polar surface area (TPSA) is 15.3 Å². The van der Waals surface area contributed by atoms with Crippen molar-refractivity contribution in [2.24, 2.45) is 0 Å². The number of halogens is 1. The van der Waals surface area contributed by atoms with Gasteiger partial charge in [0.1, 0.15) is 0 Å². The third-order valence-electron chi connectivity index (χ3n) is 3.25. The van der Waals surface area contributed by atoms with Crippen molar-refractivity contribution in [3.05, 3.63) is 34.9 Å². The summed E-state index contributed by atoms with van der Waals surface area (Å²) in [6.45, 7) is 10.0. The highest BCUT2D eigenvalue weighted by Gasteiger charge is 1.99. The Labute approximate surface area is 116 Å². The number of nitrogens with zero attached hydrogens (tertiary/aromatic N) is 1. The molecule has 0 spiro atoms. The van der Waals surface area contributed by atoms with Gasteiger partial charge in [0.15, 0.2) is 0 Å². The average Bonchev–Trinajstić information content (AvgIpc) is 2.40. The van der Waals surface area contributed by atoms with Crippen LogP contribution in [0.4, 0.5) is 0 Å². The number of rotatable bonds is 9. The van der Waals surface area contributed by atoms with Crippen LogP contribution in [0.3, 0.4) is 0 Å². The first-order valence-corrected chi connectivity index (χ1v) is 7.32. The van der Waals surface area contributed by atoms with Crippen molar-refractivity contribution in [2.45, 2.75) is 26.7 Å². The van der Waals surface area contributed by atoms with Gasteiger partial charge in [-0.2, -0.15) is 0 Å². The molecule has 102 valence electrons. The van der Waals surface area contributed by atoms with E-state index in [0.717, 1.165) is 37.6 Å². The maximum atomic E-state index is 6.11. The molecule has 0 aliphatic heterocycles. The fraction of sp³-hybridized carbons (Fsp3) is 0.600. The largest absolute Gasteiger partial charge is 0.316 e. The lowest BCUT2D eigenvalue weighted by Crippen LogP contribution is -2.27. The Morgan fingerprint density at radius 1 is 1.11 bits per heavy atom. The normalized spacial score (nSPS) is 11.1. The summed E-state index contributed by atoms with van der Waals surface area (Å²) in [5.41, 5.74) is 1.23. The molecule has 0 aromatic heterocycles. The van der Waals surface area contributed by atoms with Crippen LogP contribution in [-0.2, 0) is 6.42 Å². The van der Waals surface area contributed by atoms with Gasteiger partial charge in [-0.1, -0.05) is 43.6 Å². The molecule has 18 heavy (non-hydrogen) atoms. The minimum atomic E-state index is 0.877. The molecule has 0 fully saturated rings. The standard InChI is InChI=1S/C15H25ClN2/c1-3-18(4-2)13-7-11-17-12-10-14-8-5-6-9-15(14)16/h5-6,8-9,17H,3-4,7,10-13H2,1-2H3. The molecule has 0 aliphatic carbocycles. The van der Waals surface area contributed by atoms with Crippen molar-refractivity contribution in [3.8, 4) is 0 Å². The van der Waals surface area contributed by atoms with E-state index in [1.807, 2.05) is 18.2 Å². The lowest BCUT2D eigenvalue weighted by atomic mass is 10.1. The molecule has 0 unspecified atom stereocenters. The molecule has 2 nitrogen and oxygen atoms in total. The molecule has 1 rings (SSSR count). The summed E-state index contributed by atoms with van der Waals surface area (Å²) in [5, 5.41) is 4.36. The van der Waals surface area contributed by atoms with Gasteiger partial charge in [0, 0.05) is 5.02 Å². The Morgan fingerprint density at radius 2 is 1.83 bits per heavy atom. The first-order valence-electron chi connectivity index (χ1n) is 6.94. The zero-order valence-corrected chi connectivity index (χ0v) is 12.3. The third kappa shape index (κ3) is 5.85. The molecule has 0 radical (unpaired) electrons. The molecule has 1 aromatic rings. The van der Waals surface area contributed by atoms with Crippen molar-refractivity contribution in [2.75, 3.05) is 32.7 Å². The van der Waals surface area contributed by atoms with E-state index >= 15 is 0 Å². The summed E-state index contributed by atoms with van der Waals surface area (Å²) in [6, 6.07) is 8.07. The van der Waals surface area contributed by atoms with E-state index in [1.165, 1.54) is 18.5 Å². The van der Waals surface area contributed by atoms with Crippen molar-refractivity contribution in [1.82, 2.24) is 10.2 Å². The molecule has 0 saturated carbocycles. The highest BCUT2D eigenvalue weighted by atomic mass is 35.5. The Kier molecular flexibility index (Phi) is 8.06. The van der Waals surface area contributed by atoms with Crippen LogP contribution in [0.25, 0.3) is 0 Å². The van der Waals surface area contributed by atoms with Crippen molar-refractivity contribution in [1.29, 1.82) is 0 Å². The number of hydrogen-bond donors (Lipinski definition) is 1. The molecule has 0 aliphatic rings. The Morgan fingerprint density at radius 3 is 2.50 bits per heavy atom. The molecule has 1 N–H and O–H groups in total. The van der Waals surface area contributed by atoms with Gasteiger partial charge in [-0.15, -0.1) is 0 Å². The van der Waals surface area contributed by atoms with Crippen LogP contribution in [0.5, 0.6) is 0 Å². The van der Waals surface area contributed by atoms with Gasteiger partial charge < -0.3 is 10.2 Å². The van der Waals surface area contributed by atoms with Crippen LogP contribution in [0.2, 0.25) is 5.02 Å². The van der Waals surface area contributed by atoms with E-state index in [1.54, 1.807) is 0 Å². The molecular formula is C15H25ClN2. The maximum absolute atomic E-state index is 6.11. The van der Waals surface area contributed by atoms with E-state index < -0.39 is 0 Å². The van der Waals surface area contributed by atoms with E-state index in [9.17, 15) is 0 Å². The minimum Gasteiger partial charge on any atom is -0.316 e. The van der Waals surface area contributed by atoms with Gasteiger partial charge >= 0.3 is 0 Å². The second-order valence-electron chi connectivity index (χ2n) is 4.47. The summed E-state index contributed by atoms with van der Waals surface area (Å²) in [4.78, 5) is 2.45. The maximum Gasteiger partial charge on any atom is 0.0438 e. The first kappa shape index (κ1) is 15.5. The van der Waals surface area contributed by atoms with E-state index in [-0.39, 0.29) is 0 Å². The van der Waals surface area contributed by atoms with E-state index in [2.05, 4.69) is 30.1 Å². The number of benzene rings is 1. The van der Waals surface area contributed by atoms with Crippen molar-refractivity contribution >= 4 is 11.6 Å². The van der Waals surface area contributed by atoms with Crippen LogP contribution in [0, 0.1) is 0 Å². The van der Waals surface area contributed by atoms with Gasteiger partial charge in [0.25, 0.3) is 0 Å². The number of nitrogens with one attached hydrogen (secondary N) is 1. The SMILES string of the molecule is CCN(CC)CCCNCCc1ccccc1Cl. The second-order valence-corrected chi connectivity index (χ2v) is 4.88. The Bertz CT molecular complexity index is 324. The summed E-state index contributed by atoms with van der Waals surface area (Å²) in [6.07, 6.45) is 2.22. The molecule has 0 atom stereocenters. The lowest BCUT2D eigenvalue weighted by molar-refractivity contribution is 0.298. The van der Waals surface area contributed by atoms with E-state index in [4.69, 9.17) is 11.6 Å². The smallest absolute Gasteiger partial charge is 0.0438 e. The Hall–Kier alpha value is -0.570. The van der Waals surface area contributed by atoms with Crippen LogP contribution in [-0.4, -0.2) is 37.6 Å². The second kappa shape index (κ2) is 9.37. The highest BCUT2D eigenvalue weighted by molar-refractivity contribution is 6.31. The van der Waals surface area contributed by atoms with Gasteiger partial charge in [-0.3, -0.25) is 0 Å². The quantitative estimate of drug-likeness (QED) is 0.692. The van der Waals surface area contributed by atoms with Crippen LogP contribution < -0.4 is 5.32 Å². The minimum absolute atomic E-state index is 0.877. The summed E-state index contributed by atoms with van der Waals surface area (Å²) >= 11 is 6.11. The lowest BCUT2D eigenvalue weighted by Gasteiger charge is -2.17. The van der Waals surface area contributed by atoms with E-state index in [0.29, 0.717) is 0 Å². The molecule has 1 aromatic carbocycles. The molecule has 0 bridgehead atoms. The molecule has 0 saturated heterocycles. The van der Waals surface area contributed by atoms with Gasteiger partial charge in [0.2, 0.25) is 0 Å². The molecule has 0 amide bonds. The van der Waals surface area contributed by atoms with Crippen LogP contribution in [0.15, 0.2) is 24.3 Å². The van der Waals surface area contributed by atoms with Crippen molar-refractivity contribution < 1.29 is 0 Å². The predicted molar refractivity (Wildman–Crippen MR) is 80.4 cm³/mol. The van der Waals surface area contributed by atoms with Gasteiger partial charge in [0.05, 0.1) is 0 Å². The van der Waals surface area contributed by atoms with Crippen LogP contribution in [0.1, 0.15) is 25.8 Å². The molecular weight excluding hydrogens is 244 g/mol. The average molecular weight is 269 g/mol. The monoisotopic (exact) mass is 268 g/mol. The summed E-state index contributed by atoms with van der Waals surface area (Å²) in [7, 11) is 0. The Balaban J connectivity index is 2.07. The van der Waals surface area contributed by atoms with Gasteiger partial charge in [-0.25, -0.2) is 0 Å². The van der Waals surface area contributed by atoms with Crippen LogP contribution >= 0.6 is 11.6 Å². The van der Waals surface area contributed by atoms with Gasteiger partial charge in [-0.05, 0) is 57.2 Å². The molecule has 0 heterocycles. The molecule has 3 heteroatoms. The zero-order chi connectivity index (χ0) is 13.2. The number of hydrogen-bond acceptors (Lipinski definition) is 2. The zero-order valence-electron chi connectivity index (χ0n) is 11.6. The fourth-order valence-corrected chi connectivity index (χ4v) is 2.25.